The first-order valence-corrected chi connectivity index (χ1v) is 11.3. The molecular weight excluding hydrogens is 434 g/mol. The summed E-state index contributed by atoms with van der Waals surface area (Å²) in [6.45, 7) is 3.93. The van der Waals surface area contributed by atoms with Gasteiger partial charge in [-0.15, -0.1) is 0 Å². The van der Waals surface area contributed by atoms with E-state index in [-0.39, 0.29) is 4.90 Å². The third kappa shape index (κ3) is 4.24. The van der Waals surface area contributed by atoms with Crippen LogP contribution in [-0.2, 0) is 15.6 Å². The molecule has 0 saturated heterocycles. The molecular formula is C18H20BrN3O2S2. The number of amidine groups is 1. The molecule has 5 nitrogen and oxygen atoms in total. The van der Waals surface area contributed by atoms with Gasteiger partial charge in [0.05, 0.1) is 16.1 Å². The van der Waals surface area contributed by atoms with Crippen molar-refractivity contribution in [1.82, 2.24) is 0 Å². The van der Waals surface area contributed by atoms with Crippen LogP contribution >= 0.6 is 27.7 Å². The van der Waals surface area contributed by atoms with Crippen LogP contribution in [0.5, 0.6) is 0 Å². The van der Waals surface area contributed by atoms with Gasteiger partial charge in [0.2, 0.25) is 0 Å². The van der Waals surface area contributed by atoms with E-state index < -0.39 is 15.6 Å². The van der Waals surface area contributed by atoms with Crippen molar-refractivity contribution >= 4 is 48.6 Å². The normalized spacial score (nSPS) is 20.5. The lowest BCUT2D eigenvalue weighted by Crippen LogP contribution is -2.29. The maximum Gasteiger partial charge on any atom is 0.261 e. The number of sulfonamides is 1. The van der Waals surface area contributed by atoms with Gasteiger partial charge >= 0.3 is 0 Å². The largest absolute Gasteiger partial charge is 0.379 e. The number of rotatable bonds is 4. The molecule has 3 rings (SSSR count). The van der Waals surface area contributed by atoms with Crippen LogP contribution in [-0.4, -0.2) is 19.3 Å². The first kappa shape index (κ1) is 19.3. The van der Waals surface area contributed by atoms with Gasteiger partial charge in [-0.2, -0.15) is 0 Å². The summed E-state index contributed by atoms with van der Waals surface area (Å²) in [6.07, 6.45) is 0.832. The Balaban J connectivity index is 1.95. The topological polar surface area (TPSA) is 84.5 Å². The summed E-state index contributed by atoms with van der Waals surface area (Å²) >= 11 is 5.01. The number of nitrogens with zero attached hydrogens (tertiary/aromatic N) is 1. The maximum atomic E-state index is 12.7. The first-order chi connectivity index (χ1) is 12.2. The van der Waals surface area contributed by atoms with Crippen molar-refractivity contribution in [2.75, 3.05) is 10.5 Å². The zero-order chi connectivity index (χ0) is 18.9. The fourth-order valence-electron chi connectivity index (χ4n) is 2.79. The number of aliphatic imine (C=N–C) groups is 1. The van der Waals surface area contributed by atoms with Crippen LogP contribution < -0.4 is 10.5 Å². The van der Waals surface area contributed by atoms with E-state index in [1.54, 1.807) is 30.3 Å². The van der Waals surface area contributed by atoms with Crippen molar-refractivity contribution in [3.63, 3.8) is 0 Å². The molecule has 8 heteroatoms. The van der Waals surface area contributed by atoms with E-state index in [0.717, 1.165) is 27.8 Å². The summed E-state index contributed by atoms with van der Waals surface area (Å²) in [6, 6.07) is 12.3. The van der Waals surface area contributed by atoms with Crippen LogP contribution in [0.25, 0.3) is 0 Å². The molecule has 2 aromatic carbocycles. The fourth-order valence-corrected chi connectivity index (χ4v) is 5.29. The third-order valence-electron chi connectivity index (χ3n) is 4.30. The number of hydrogen-bond donors (Lipinski definition) is 2. The zero-order valence-electron chi connectivity index (χ0n) is 14.5. The Morgan fingerprint density at radius 2 is 1.92 bits per heavy atom. The highest BCUT2D eigenvalue weighted by Gasteiger charge is 2.30. The predicted molar refractivity (Wildman–Crippen MR) is 112 cm³/mol. The molecule has 1 atom stereocenters. The second kappa shape index (κ2) is 7.25. The minimum Gasteiger partial charge on any atom is -0.379 e. The molecule has 0 aromatic heterocycles. The Morgan fingerprint density at radius 3 is 2.58 bits per heavy atom. The van der Waals surface area contributed by atoms with Crippen molar-refractivity contribution < 1.29 is 8.42 Å². The second-order valence-corrected chi connectivity index (χ2v) is 10.2. The Labute approximate surface area is 166 Å². The van der Waals surface area contributed by atoms with Gasteiger partial charge in [-0.3, -0.25) is 9.71 Å². The standard InChI is InChI=1S/C18H20BrN3O2S2/c1-12-3-5-16(6-4-12)26(23,24)22-15-10-13(9-14(19)11-15)18(2)7-8-25-17(20)21-18/h3-6,9-11,22H,7-8H2,1-2H3,(H2,20,21). The molecule has 1 unspecified atom stereocenters. The van der Waals surface area contributed by atoms with Gasteiger partial charge in [0.25, 0.3) is 10.0 Å². The Morgan fingerprint density at radius 1 is 1.23 bits per heavy atom. The summed E-state index contributed by atoms with van der Waals surface area (Å²) in [7, 11) is -3.66. The molecule has 0 spiro atoms. The van der Waals surface area contributed by atoms with Gasteiger partial charge in [-0.05, 0) is 56.2 Å². The summed E-state index contributed by atoms with van der Waals surface area (Å²) in [5.41, 5.74) is 7.84. The Hall–Kier alpha value is -1.51. The predicted octanol–water partition coefficient (Wildman–Crippen LogP) is 4.23. The molecule has 26 heavy (non-hydrogen) atoms. The van der Waals surface area contributed by atoms with E-state index in [9.17, 15) is 8.42 Å². The van der Waals surface area contributed by atoms with Crippen LogP contribution in [0.2, 0.25) is 0 Å². The molecule has 2 aromatic rings. The number of aryl methyl sites for hydroxylation is 1. The molecule has 0 radical (unpaired) electrons. The number of anilines is 1. The van der Waals surface area contributed by atoms with E-state index in [1.807, 2.05) is 26.0 Å². The van der Waals surface area contributed by atoms with Gasteiger partial charge in [-0.25, -0.2) is 8.42 Å². The summed E-state index contributed by atoms with van der Waals surface area (Å²) < 4.78 is 28.8. The number of thioether (sulfide) groups is 1. The number of benzene rings is 2. The van der Waals surface area contributed by atoms with Gasteiger partial charge < -0.3 is 5.73 Å². The molecule has 0 aliphatic carbocycles. The van der Waals surface area contributed by atoms with Crippen LogP contribution in [0.4, 0.5) is 5.69 Å². The Bertz CT molecular complexity index is 959. The molecule has 0 bridgehead atoms. The Kier molecular flexibility index (Phi) is 5.37. The highest BCUT2D eigenvalue weighted by molar-refractivity contribution is 9.10. The molecule has 3 N–H and O–H groups in total. The summed E-state index contributed by atoms with van der Waals surface area (Å²) in [5, 5.41) is 0.556. The smallest absolute Gasteiger partial charge is 0.261 e. The zero-order valence-corrected chi connectivity index (χ0v) is 17.7. The molecule has 0 amide bonds. The average molecular weight is 454 g/mol. The molecule has 1 heterocycles. The lowest BCUT2D eigenvalue weighted by molar-refractivity contribution is 0.482. The minimum atomic E-state index is -3.66. The van der Waals surface area contributed by atoms with Crippen LogP contribution in [0.15, 0.2) is 56.8 Å². The number of hydrogen-bond acceptors (Lipinski definition) is 5. The maximum absolute atomic E-state index is 12.7. The van der Waals surface area contributed by atoms with E-state index in [4.69, 9.17) is 5.73 Å². The number of halogens is 1. The lowest BCUT2D eigenvalue weighted by Gasteiger charge is -2.30. The van der Waals surface area contributed by atoms with Crippen molar-refractivity contribution in [3.8, 4) is 0 Å². The second-order valence-electron chi connectivity index (χ2n) is 6.47. The minimum absolute atomic E-state index is 0.229. The number of nitrogens with two attached hydrogens (primary N) is 1. The van der Waals surface area contributed by atoms with Gasteiger partial charge in [0.1, 0.15) is 0 Å². The first-order valence-electron chi connectivity index (χ1n) is 8.07. The van der Waals surface area contributed by atoms with E-state index in [2.05, 4.69) is 25.6 Å². The SMILES string of the molecule is Cc1ccc(S(=O)(=O)Nc2cc(Br)cc(C3(C)CCSC(N)=N3)c2)cc1. The van der Waals surface area contributed by atoms with Gasteiger partial charge in [-0.1, -0.05) is 45.4 Å². The van der Waals surface area contributed by atoms with Crippen LogP contribution in [0.3, 0.4) is 0 Å². The lowest BCUT2D eigenvalue weighted by atomic mass is 9.89. The van der Waals surface area contributed by atoms with Crippen molar-refractivity contribution in [2.24, 2.45) is 10.7 Å². The van der Waals surface area contributed by atoms with E-state index in [1.165, 1.54) is 11.8 Å². The highest BCUT2D eigenvalue weighted by atomic mass is 79.9. The summed E-state index contributed by atoms with van der Waals surface area (Å²) in [4.78, 5) is 4.82. The van der Waals surface area contributed by atoms with Gasteiger partial charge in [0.15, 0.2) is 5.17 Å². The molecule has 1 aliphatic rings. The van der Waals surface area contributed by atoms with E-state index >= 15 is 0 Å². The molecule has 0 saturated carbocycles. The van der Waals surface area contributed by atoms with Crippen molar-refractivity contribution in [2.45, 2.75) is 30.7 Å². The molecule has 0 fully saturated rings. The monoisotopic (exact) mass is 453 g/mol. The van der Waals surface area contributed by atoms with E-state index in [0.29, 0.717) is 10.9 Å². The fraction of sp³-hybridized carbons (Fsp3) is 0.278. The highest BCUT2D eigenvalue weighted by Crippen LogP contribution is 2.37. The van der Waals surface area contributed by atoms with Crippen LogP contribution in [0, 0.1) is 6.92 Å². The average Bonchev–Trinajstić information content (AvgIpc) is 2.54. The number of nitrogens with one attached hydrogen (secondary N) is 1. The summed E-state index contributed by atoms with van der Waals surface area (Å²) in [5.74, 6) is 0.878. The molecule has 1 aliphatic heterocycles. The quantitative estimate of drug-likeness (QED) is 0.725. The van der Waals surface area contributed by atoms with Crippen molar-refractivity contribution in [3.05, 3.63) is 58.1 Å². The van der Waals surface area contributed by atoms with Crippen LogP contribution in [0.1, 0.15) is 24.5 Å². The van der Waals surface area contributed by atoms with Crippen molar-refractivity contribution in [1.29, 1.82) is 0 Å². The third-order valence-corrected chi connectivity index (χ3v) is 6.95. The van der Waals surface area contributed by atoms with Gasteiger partial charge in [0, 0.05) is 10.2 Å². The molecule has 138 valence electrons.